The van der Waals surface area contributed by atoms with Crippen molar-refractivity contribution in [3.05, 3.63) is 0 Å². The highest BCUT2D eigenvalue weighted by Gasteiger charge is 2.10. The molecule has 0 aliphatic carbocycles. The van der Waals surface area contributed by atoms with Crippen LogP contribution in [0.5, 0.6) is 0 Å². The van der Waals surface area contributed by atoms with Gasteiger partial charge in [0.05, 0.1) is 6.54 Å². The van der Waals surface area contributed by atoms with E-state index in [1.54, 1.807) is 0 Å². The highest BCUT2D eigenvalue weighted by Crippen LogP contribution is 1.96. The summed E-state index contributed by atoms with van der Waals surface area (Å²) in [6, 6.07) is 0. The van der Waals surface area contributed by atoms with Crippen LogP contribution in [0, 0.1) is 0 Å². The molecule has 0 unspecified atom stereocenters. The fourth-order valence-corrected chi connectivity index (χ4v) is 0.954. The second-order valence-electron chi connectivity index (χ2n) is 4.50. The molecule has 0 fully saturated rings. The number of nitrogens with one attached hydrogen (secondary N) is 2. The molecule has 4 nitrogen and oxygen atoms in total. The van der Waals surface area contributed by atoms with Gasteiger partial charge in [-0.25, -0.2) is 0 Å². The van der Waals surface area contributed by atoms with Crippen LogP contribution in [0.1, 0.15) is 34.1 Å². The van der Waals surface area contributed by atoms with Crippen molar-refractivity contribution in [2.75, 3.05) is 26.3 Å². The number of ether oxygens (including phenoxy) is 1. The Balaban J connectivity index is 3.34. The fourth-order valence-electron chi connectivity index (χ4n) is 0.954. The fraction of sp³-hybridized carbons (Fsp3) is 0.909. The lowest BCUT2D eigenvalue weighted by Gasteiger charge is -2.19. The maximum absolute atomic E-state index is 11.3. The van der Waals surface area contributed by atoms with Crippen LogP contribution in [-0.2, 0) is 9.53 Å². The number of hydrogen-bond donors (Lipinski definition) is 2. The lowest BCUT2D eigenvalue weighted by molar-refractivity contribution is -0.120. The van der Waals surface area contributed by atoms with E-state index >= 15 is 0 Å². The van der Waals surface area contributed by atoms with Crippen LogP contribution in [0.3, 0.4) is 0 Å². The SMILES string of the molecule is CCOCCCNC(=O)CNC(C)(C)C. The van der Waals surface area contributed by atoms with E-state index in [-0.39, 0.29) is 11.4 Å². The summed E-state index contributed by atoms with van der Waals surface area (Å²) in [5.74, 6) is 0.0430. The van der Waals surface area contributed by atoms with Crippen LogP contribution in [0.25, 0.3) is 0 Å². The van der Waals surface area contributed by atoms with E-state index in [0.29, 0.717) is 19.7 Å². The molecule has 0 bridgehead atoms. The molecule has 15 heavy (non-hydrogen) atoms. The lowest BCUT2D eigenvalue weighted by Crippen LogP contribution is -2.43. The summed E-state index contributed by atoms with van der Waals surface area (Å²) in [7, 11) is 0. The molecule has 2 N–H and O–H groups in total. The predicted octanol–water partition coefficient (Wildman–Crippen LogP) is 0.917. The van der Waals surface area contributed by atoms with Crippen LogP contribution < -0.4 is 10.6 Å². The number of amides is 1. The molecule has 1 amide bonds. The third-order valence-electron chi connectivity index (χ3n) is 1.77. The largest absolute Gasteiger partial charge is 0.382 e. The first kappa shape index (κ1) is 14.4. The first-order valence-electron chi connectivity index (χ1n) is 5.55. The van der Waals surface area contributed by atoms with E-state index in [4.69, 9.17) is 4.74 Å². The standard InChI is InChI=1S/C11H24N2O2/c1-5-15-8-6-7-12-10(14)9-13-11(2,3)4/h13H,5-9H2,1-4H3,(H,12,14). The van der Waals surface area contributed by atoms with Gasteiger partial charge in [-0.15, -0.1) is 0 Å². The zero-order valence-electron chi connectivity index (χ0n) is 10.4. The first-order valence-corrected chi connectivity index (χ1v) is 5.55. The molecule has 0 spiro atoms. The highest BCUT2D eigenvalue weighted by atomic mass is 16.5. The molecule has 0 rings (SSSR count). The zero-order chi connectivity index (χ0) is 11.7. The van der Waals surface area contributed by atoms with E-state index in [1.165, 1.54) is 0 Å². The Bertz CT molecular complexity index is 176. The van der Waals surface area contributed by atoms with Crippen LogP contribution in [0.15, 0.2) is 0 Å². The van der Waals surface area contributed by atoms with E-state index < -0.39 is 0 Å². The minimum absolute atomic E-state index is 0.0112. The van der Waals surface area contributed by atoms with Crippen molar-refractivity contribution in [3.63, 3.8) is 0 Å². The van der Waals surface area contributed by atoms with E-state index in [1.807, 2.05) is 27.7 Å². The molecule has 0 saturated carbocycles. The second-order valence-corrected chi connectivity index (χ2v) is 4.50. The zero-order valence-corrected chi connectivity index (χ0v) is 10.4. The number of carbonyl (C=O) groups is 1. The molecule has 0 aliphatic heterocycles. The molecule has 0 saturated heterocycles. The minimum Gasteiger partial charge on any atom is -0.382 e. The van der Waals surface area contributed by atoms with Gasteiger partial charge in [-0.1, -0.05) is 0 Å². The van der Waals surface area contributed by atoms with Crippen molar-refractivity contribution in [1.29, 1.82) is 0 Å². The van der Waals surface area contributed by atoms with Crippen LogP contribution in [-0.4, -0.2) is 37.7 Å². The molecule has 0 radical (unpaired) electrons. The van der Waals surface area contributed by atoms with Crippen molar-refractivity contribution >= 4 is 5.91 Å². The Kier molecular flexibility index (Phi) is 7.34. The lowest BCUT2D eigenvalue weighted by atomic mass is 10.1. The Morgan fingerprint density at radius 2 is 2.00 bits per heavy atom. The van der Waals surface area contributed by atoms with Crippen molar-refractivity contribution in [2.45, 2.75) is 39.7 Å². The van der Waals surface area contributed by atoms with E-state index in [9.17, 15) is 4.79 Å². The monoisotopic (exact) mass is 216 g/mol. The maximum atomic E-state index is 11.3. The number of hydrogen-bond acceptors (Lipinski definition) is 3. The van der Waals surface area contributed by atoms with Crippen LogP contribution in [0.4, 0.5) is 0 Å². The maximum Gasteiger partial charge on any atom is 0.233 e. The van der Waals surface area contributed by atoms with Crippen molar-refractivity contribution in [3.8, 4) is 0 Å². The normalized spacial score (nSPS) is 11.5. The number of carbonyl (C=O) groups excluding carboxylic acids is 1. The quantitative estimate of drug-likeness (QED) is 0.622. The molecule has 0 atom stereocenters. The van der Waals surface area contributed by atoms with Gasteiger partial charge in [0.25, 0.3) is 0 Å². The van der Waals surface area contributed by atoms with Gasteiger partial charge in [-0.05, 0) is 34.1 Å². The van der Waals surface area contributed by atoms with E-state index in [2.05, 4.69) is 10.6 Å². The first-order chi connectivity index (χ1) is 6.95. The van der Waals surface area contributed by atoms with E-state index in [0.717, 1.165) is 13.0 Å². The van der Waals surface area contributed by atoms with Gasteiger partial charge in [0.1, 0.15) is 0 Å². The van der Waals surface area contributed by atoms with Crippen LogP contribution in [0.2, 0.25) is 0 Å². The molecule has 90 valence electrons. The molecule has 0 aromatic rings. The molecule has 0 aliphatic rings. The Labute approximate surface area is 92.8 Å². The third-order valence-corrected chi connectivity index (χ3v) is 1.77. The molecular weight excluding hydrogens is 192 g/mol. The summed E-state index contributed by atoms with van der Waals surface area (Å²) in [5, 5.41) is 5.96. The molecule has 0 aromatic carbocycles. The third kappa shape index (κ3) is 11.3. The van der Waals surface area contributed by atoms with Gasteiger partial charge in [0, 0.05) is 25.3 Å². The molecule has 4 heteroatoms. The van der Waals surface area contributed by atoms with Gasteiger partial charge in [-0.2, -0.15) is 0 Å². The van der Waals surface area contributed by atoms with Gasteiger partial charge < -0.3 is 15.4 Å². The Morgan fingerprint density at radius 3 is 2.53 bits per heavy atom. The predicted molar refractivity (Wildman–Crippen MR) is 61.9 cm³/mol. The summed E-state index contributed by atoms with van der Waals surface area (Å²) < 4.78 is 5.16. The molecular formula is C11H24N2O2. The molecule has 0 heterocycles. The van der Waals surface area contributed by atoms with Crippen molar-refractivity contribution < 1.29 is 9.53 Å². The van der Waals surface area contributed by atoms with Gasteiger partial charge in [-0.3, -0.25) is 4.79 Å². The van der Waals surface area contributed by atoms with Crippen molar-refractivity contribution in [2.24, 2.45) is 0 Å². The topological polar surface area (TPSA) is 50.4 Å². The van der Waals surface area contributed by atoms with Crippen molar-refractivity contribution in [1.82, 2.24) is 10.6 Å². The second kappa shape index (κ2) is 7.65. The Morgan fingerprint density at radius 1 is 1.33 bits per heavy atom. The van der Waals surface area contributed by atoms with Gasteiger partial charge >= 0.3 is 0 Å². The number of rotatable bonds is 7. The van der Waals surface area contributed by atoms with Crippen LogP contribution >= 0.6 is 0 Å². The smallest absolute Gasteiger partial charge is 0.233 e. The van der Waals surface area contributed by atoms with Gasteiger partial charge in [0.2, 0.25) is 5.91 Å². The molecule has 0 aromatic heterocycles. The summed E-state index contributed by atoms with van der Waals surface area (Å²) in [6.07, 6.45) is 0.870. The summed E-state index contributed by atoms with van der Waals surface area (Å²) >= 11 is 0. The summed E-state index contributed by atoms with van der Waals surface area (Å²) in [6.45, 7) is 10.6. The summed E-state index contributed by atoms with van der Waals surface area (Å²) in [5.41, 5.74) is -0.0112. The summed E-state index contributed by atoms with van der Waals surface area (Å²) in [4.78, 5) is 11.3. The average Bonchev–Trinajstić information content (AvgIpc) is 2.13. The minimum atomic E-state index is -0.0112. The average molecular weight is 216 g/mol. The highest BCUT2D eigenvalue weighted by molar-refractivity contribution is 5.78. The van der Waals surface area contributed by atoms with Gasteiger partial charge in [0.15, 0.2) is 0 Å². The Hall–Kier alpha value is -0.610.